The van der Waals surface area contributed by atoms with Crippen LogP contribution in [0.4, 0.5) is 0 Å². The Kier molecular flexibility index (Phi) is 7.05. The molecule has 25 heavy (non-hydrogen) atoms. The molecule has 1 fully saturated rings. The predicted molar refractivity (Wildman–Crippen MR) is 98.9 cm³/mol. The van der Waals surface area contributed by atoms with Gasteiger partial charge in [0.15, 0.2) is 0 Å². The Bertz CT molecular complexity index is 674. The number of halogens is 1. The number of nitrogens with two attached hydrogens (primary N) is 1. The van der Waals surface area contributed by atoms with Crippen molar-refractivity contribution in [2.45, 2.75) is 19.4 Å². The summed E-state index contributed by atoms with van der Waals surface area (Å²) >= 11 is 0. The first kappa shape index (κ1) is 19.5. The van der Waals surface area contributed by atoms with Gasteiger partial charge in [0.05, 0.1) is 13.2 Å². The molecule has 1 aliphatic heterocycles. The van der Waals surface area contributed by atoms with E-state index in [0.717, 1.165) is 18.8 Å². The Morgan fingerprint density at radius 3 is 2.68 bits per heavy atom. The summed E-state index contributed by atoms with van der Waals surface area (Å²) in [6.45, 7) is 5.36. The van der Waals surface area contributed by atoms with Crippen molar-refractivity contribution < 1.29 is 13.9 Å². The van der Waals surface area contributed by atoms with Crippen LogP contribution in [0.1, 0.15) is 34.7 Å². The van der Waals surface area contributed by atoms with Crippen LogP contribution in [0.2, 0.25) is 0 Å². The van der Waals surface area contributed by atoms with E-state index in [1.807, 2.05) is 12.1 Å². The van der Waals surface area contributed by atoms with Crippen molar-refractivity contribution in [2.24, 2.45) is 11.7 Å². The van der Waals surface area contributed by atoms with E-state index in [1.54, 1.807) is 13.0 Å². The fourth-order valence-electron chi connectivity index (χ4n) is 3.40. The second-order valence-corrected chi connectivity index (χ2v) is 6.19. The van der Waals surface area contributed by atoms with E-state index < -0.39 is 5.97 Å². The van der Waals surface area contributed by atoms with Gasteiger partial charge in [0.2, 0.25) is 5.76 Å². The number of ether oxygens (including phenoxy) is 1. The number of esters is 1. The van der Waals surface area contributed by atoms with Gasteiger partial charge in [-0.1, -0.05) is 30.3 Å². The lowest BCUT2D eigenvalue weighted by atomic mass is 9.89. The van der Waals surface area contributed by atoms with Crippen LogP contribution in [0.3, 0.4) is 0 Å². The topological polar surface area (TPSA) is 68.7 Å². The van der Waals surface area contributed by atoms with E-state index >= 15 is 0 Å². The number of rotatable bonds is 6. The zero-order valence-electron chi connectivity index (χ0n) is 14.4. The summed E-state index contributed by atoms with van der Waals surface area (Å²) in [6, 6.07) is 14.0. The fourth-order valence-corrected chi connectivity index (χ4v) is 3.40. The van der Waals surface area contributed by atoms with Crippen molar-refractivity contribution in [3.63, 3.8) is 0 Å². The largest absolute Gasteiger partial charge is 0.460 e. The van der Waals surface area contributed by atoms with Crippen molar-refractivity contribution >= 4 is 18.4 Å². The lowest BCUT2D eigenvalue weighted by Gasteiger charge is -2.16. The summed E-state index contributed by atoms with van der Waals surface area (Å²) in [5, 5.41) is 0. The standard InChI is InChI=1S/C19H24N2O3.ClH/c1-2-23-19(22)18-9-8-16(24-18)12-21-11-15(10-20)17(13-21)14-6-4-3-5-7-14;/h3-9,15,17H,2,10-13,20H2,1H3;1H/t15-,17+;/m1./s1. The van der Waals surface area contributed by atoms with E-state index in [4.69, 9.17) is 14.9 Å². The van der Waals surface area contributed by atoms with Crippen LogP contribution in [-0.2, 0) is 11.3 Å². The average Bonchev–Trinajstić information content (AvgIpc) is 3.23. The number of benzene rings is 1. The number of hydrogen-bond acceptors (Lipinski definition) is 5. The molecule has 1 aliphatic rings. The first-order chi connectivity index (χ1) is 11.7. The maximum Gasteiger partial charge on any atom is 0.374 e. The first-order valence-electron chi connectivity index (χ1n) is 8.44. The van der Waals surface area contributed by atoms with Gasteiger partial charge in [0.25, 0.3) is 0 Å². The molecule has 0 amide bonds. The fraction of sp³-hybridized carbons (Fsp3) is 0.421. The van der Waals surface area contributed by atoms with Crippen LogP contribution in [0, 0.1) is 5.92 Å². The van der Waals surface area contributed by atoms with Crippen LogP contribution in [0.15, 0.2) is 46.9 Å². The predicted octanol–water partition coefficient (Wildman–Crippen LogP) is 3.05. The molecule has 0 aliphatic carbocycles. The highest BCUT2D eigenvalue weighted by molar-refractivity contribution is 5.86. The molecule has 0 spiro atoms. The van der Waals surface area contributed by atoms with E-state index in [1.165, 1.54) is 5.56 Å². The third-order valence-corrected chi connectivity index (χ3v) is 4.56. The highest BCUT2D eigenvalue weighted by atomic mass is 35.5. The van der Waals surface area contributed by atoms with Crippen LogP contribution < -0.4 is 5.73 Å². The van der Waals surface area contributed by atoms with Gasteiger partial charge in [0, 0.05) is 19.0 Å². The van der Waals surface area contributed by atoms with Gasteiger partial charge < -0.3 is 14.9 Å². The van der Waals surface area contributed by atoms with Crippen LogP contribution in [0.25, 0.3) is 0 Å². The number of likely N-dealkylation sites (tertiary alicyclic amines) is 1. The molecular formula is C19H25ClN2O3. The third kappa shape index (κ3) is 4.63. The van der Waals surface area contributed by atoms with Gasteiger partial charge in [-0.3, -0.25) is 4.90 Å². The Hall–Kier alpha value is -1.82. The molecule has 2 N–H and O–H groups in total. The number of carbonyl (C=O) groups excluding carboxylic acids is 1. The van der Waals surface area contributed by atoms with Crippen molar-refractivity contribution in [3.05, 3.63) is 59.5 Å². The number of carbonyl (C=O) groups is 1. The number of hydrogen-bond donors (Lipinski definition) is 1. The van der Waals surface area contributed by atoms with E-state index in [2.05, 4.69) is 29.2 Å². The Morgan fingerprint density at radius 1 is 1.24 bits per heavy atom. The molecule has 3 rings (SSSR count). The molecule has 2 aromatic rings. The molecule has 1 saturated heterocycles. The van der Waals surface area contributed by atoms with Crippen molar-refractivity contribution in [1.82, 2.24) is 4.90 Å². The summed E-state index contributed by atoms with van der Waals surface area (Å²) in [4.78, 5) is 14.0. The lowest BCUT2D eigenvalue weighted by Crippen LogP contribution is -2.23. The summed E-state index contributed by atoms with van der Waals surface area (Å²) in [5.74, 6) is 1.51. The first-order valence-corrected chi connectivity index (χ1v) is 8.44. The Morgan fingerprint density at radius 2 is 2.00 bits per heavy atom. The lowest BCUT2D eigenvalue weighted by molar-refractivity contribution is 0.0486. The minimum absolute atomic E-state index is 0. The number of nitrogens with zero attached hydrogens (tertiary/aromatic N) is 1. The quantitative estimate of drug-likeness (QED) is 0.798. The number of furan rings is 1. The second kappa shape index (κ2) is 9.04. The maximum atomic E-state index is 11.7. The monoisotopic (exact) mass is 364 g/mol. The molecule has 0 unspecified atom stereocenters. The Balaban J connectivity index is 0.00000225. The van der Waals surface area contributed by atoms with Crippen LogP contribution in [0.5, 0.6) is 0 Å². The van der Waals surface area contributed by atoms with Crippen molar-refractivity contribution in [2.75, 3.05) is 26.2 Å². The second-order valence-electron chi connectivity index (χ2n) is 6.19. The molecule has 136 valence electrons. The van der Waals surface area contributed by atoms with Gasteiger partial charge in [-0.05, 0) is 37.1 Å². The van der Waals surface area contributed by atoms with E-state index in [0.29, 0.717) is 31.5 Å². The van der Waals surface area contributed by atoms with Gasteiger partial charge in [-0.2, -0.15) is 0 Å². The highest BCUT2D eigenvalue weighted by Crippen LogP contribution is 2.32. The van der Waals surface area contributed by atoms with Crippen molar-refractivity contribution in [3.8, 4) is 0 Å². The normalized spacial score (nSPS) is 20.2. The van der Waals surface area contributed by atoms with Gasteiger partial charge in [-0.15, -0.1) is 12.4 Å². The smallest absolute Gasteiger partial charge is 0.374 e. The molecule has 0 radical (unpaired) electrons. The van der Waals surface area contributed by atoms with Gasteiger partial charge in [0.1, 0.15) is 5.76 Å². The molecule has 6 heteroatoms. The molecule has 0 saturated carbocycles. The molecular weight excluding hydrogens is 340 g/mol. The third-order valence-electron chi connectivity index (χ3n) is 4.56. The molecule has 1 aromatic carbocycles. The zero-order valence-corrected chi connectivity index (χ0v) is 15.2. The zero-order chi connectivity index (χ0) is 16.9. The molecule has 2 atom stereocenters. The summed E-state index contributed by atoms with van der Waals surface area (Å²) in [6.07, 6.45) is 0. The summed E-state index contributed by atoms with van der Waals surface area (Å²) in [7, 11) is 0. The van der Waals surface area contributed by atoms with E-state index in [-0.39, 0.29) is 18.2 Å². The molecule has 2 heterocycles. The van der Waals surface area contributed by atoms with Gasteiger partial charge in [-0.25, -0.2) is 4.79 Å². The SMILES string of the molecule is CCOC(=O)c1ccc(CN2C[C@@H](CN)[C@H](c3ccccc3)C2)o1.Cl. The van der Waals surface area contributed by atoms with E-state index in [9.17, 15) is 4.79 Å². The highest BCUT2D eigenvalue weighted by Gasteiger charge is 2.33. The van der Waals surface area contributed by atoms with Crippen LogP contribution in [-0.4, -0.2) is 37.1 Å². The summed E-state index contributed by atoms with van der Waals surface area (Å²) < 4.78 is 10.6. The summed E-state index contributed by atoms with van der Waals surface area (Å²) in [5.41, 5.74) is 7.32. The minimum atomic E-state index is -0.410. The van der Waals surface area contributed by atoms with Crippen LogP contribution >= 0.6 is 12.4 Å². The maximum absolute atomic E-state index is 11.7. The molecule has 5 nitrogen and oxygen atoms in total. The van der Waals surface area contributed by atoms with Gasteiger partial charge >= 0.3 is 5.97 Å². The molecule has 1 aromatic heterocycles. The molecule has 0 bridgehead atoms. The Labute approximate surface area is 154 Å². The average molecular weight is 365 g/mol. The van der Waals surface area contributed by atoms with Crippen molar-refractivity contribution in [1.29, 1.82) is 0 Å². The minimum Gasteiger partial charge on any atom is -0.460 e.